The molecule has 0 unspecified atom stereocenters. The van der Waals surface area contributed by atoms with E-state index >= 15 is 0 Å². The second kappa shape index (κ2) is 19.1. The lowest BCUT2D eigenvalue weighted by molar-refractivity contribution is 0.664. The Bertz CT molecular complexity index is 4710. The number of allylic oxidation sites excluding steroid dienone is 3. The van der Waals surface area contributed by atoms with E-state index < -0.39 is 5.41 Å². The topological polar surface area (TPSA) is 19.6 Å². The van der Waals surface area contributed by atoms with Gasteiger partial charge in [0.25, 0.3) is 0 Å². The number of para-hydroxylation sites is 8. The summed E-state index contributed by atoms with van der Waals surface area (Å²) in [6.07, 6.45) is 6.62. The Balaban J connectivity index is 0.911. The molecule has 2 aliphatic carbocycles. The Morgan fingerprint density at radius 1 is 0.310 bits per heavy atom. The molecule has 0 saturated carbocycles. The van der Waals surface area contributed by atoms with Crippen molar-refractivity contribution in [3.8, 4) is 22.5 Å². The maximum atomic E-state index is 2.54. The van der Waals surface area contributed by atoms with Crippen molar-refractivity contribution in [3.05, 3.63) is 337 Å². The summed E-state index contributed by atoms with van der Waals surface area (Å²) in [4.78, 5) is 7.46. The van der Waals surface area contributed by atoms with E-state index in [-0.39, 0.29) is 0 Å². The van der Waals surface area contributed by atoms with Gasteiger partial charge in [0.2, 0.25) is 0 Å². The van der Waals surface area contributed by atoms with Crippen molar-refractivity contribution >= 4 is 89.1 Å². The van der Waals surface area contributed by atoms with Gasteiger partial charge in [-0.15, -0.1) is 0 Å². The molecule has 84 heavy (non-hydrogen) atoms. The normalized spacial score (nSPS) is 13.8. The Morgan fingerprint density at radius 3 is 1.23 bits per heavy atom. The third-order valence-electron chi connectivity index (χ3n) is 17.9. The zero-order valence-corrected chi connectivity index (χ0v) is 46.1. The molecule has 396 valence electrons. The van der Waals surface area contributed by atoms with Crippen LogP contribution < -0.4 is 14.7 Å². The Hall–Kier alpha value is -10.9. The maximum Gasteiger partial charge on any atom is 0.0718 e. The van der Waals surface area contributed by atoms with Gasteiger partial charge in [-0.3, -0.25) is 0 Å². The van der Waals surface area contributed by atoms with Crippen LogP contribution in [0.15, 0.2) is 321 Å². The molecule has 5 nitrogen and oxygen atoms in total. The molecule has 3 heterocycles. The fraction of sp³-hybridized carbons (Fsp3) is 0.0380. The molecule has 0 N–H and O–H groups in total. The molecule has 17 rings (SSSR count). The molecule has 3 aliphatic rings. The predicted molar refractivity (Wildman–Crippen MR) is 350 cm³/mol. The SMILES string of the molecule is C1=CC2=C(CC1)C1(c3cc(N(c4ccccc4)c4ccc5c(c4)c4ccccc4n5-c4ccccc4)ccc3-c3ccc(N(c4ccccc4)c4ccc5c(c4)c4ccccc4n5-c4ccccc4)cc31)c1ccccc1N2c1ccccc1. The van der Waals surface area contributed by atoms with Gasteiger partial charge in [-0.05, 0) is 192 Å². The van der Waals surface area contributed by atoms with Crippen LogP contribution in [-0.4, -0.2) is 9.13 Å². The smallest absolute Gasteiger partial charge is 0.0718 e. The summed E-state index contributed by atoms with van der Waals surface area (Å²) in [5.41, 5.74) is 24.3. The molecule has 12 aromatic carbocycles. The number of rotatable bonds is 9. The fourth-order valence-electron chi connectivity index (χ4n) is 14.5. The summed E-state index contributed by atoms with van der Waals surface area (Å²) in [5, 5.41) is 4.86. The lowest BCUT2D eigenvalue weighted by Gasteiger charge is -2.47. The molecule has 1 spiro atoms. The number of hydrogen-bond donors (Lipinski definition) is 0. The molecule has 1 aliphatic heterocycles. The van der Waals surface area contributed by atoms with Crippen molar-refractivity contribution in [2.75, 3.05) is 14.7 Å². The molecule has 0 amide bonds. The summed E-state index contributed by atoms with van der Waals surface area (Å²) >= 11 is 0. The number of anilines is 8. The van der Waals surface area contributed by atoms with Crippen molar-refractivity contribution in [2.24, 2.45) is 0 Å². The summed E-state index contributed by atoms with van der Waals surface area (Å²) < 4.78 is 4.80. The number of hydrogen-bond acceptors (Lipinski definition) is 3. The minimum Gasteiger partial charge on any atom is -0.310 e. The van der Waals surface area contributed by atoms with Crippen LogP contribution in [0.1, 0.15) is 29.5 Å². The van der Waals surface area contributed by atoms with Crippen molar-refractivity contribution < 1.29 is 0 Å². The molecule has 5 heteroatoms. The van der Waals surface area contributed by atoms with E-state index in [1.165, 1.54) is 88.4 Å². The van der Waals surface area contributed by atoms with Gasteiger partial charge in [0.05, 0.1) is 33.2 Å². The number of benzene rings is 12. The average molecular weight is 1070 g/mol. The molecule has 0 fully saturated rings. The second-order valence-electron chi connectivity index (χ2n) is 22.3. The van der Waals surface area contributed by atoms with Gasteiger partial charge in [-0.2, -0.15) is 0 Å². The predicted octanol–water partition coefficient (Wildman–Crippen LogP) is 20.9. The van der Waals surface area contributed by atoms with Crippen LogP contribution in [0.25, 0.3) is 66.1 Å². The van der Waals surface area contributed by atoms with Crippen LogP contribution in [0.2, 0.25) is 0 Å². The molecular weight excluding hydrogens is 1020 g/mol. The third kappa shape index (κ3) is 7.15. The maximum absolute atomic E-state index is 2.54. The number of fused-ring (bicyclic) bond motifs is 14. The highest BCUT2D eigenvalue weighted by molar-refractivity contribution is 6.12. The van der Waals surface area contributed by atoms with Gasteiger partial charge in [0.15, 0.2) is 0 Å². The van der Waals surface area contributed by atoms with Gasteiger partial charge >= 0.3 is 0 Å². The van der Waals surface area contributed by atoms with E-state index in [2.05, 4.69) is 333 Å². The minimum absolute atomic E-state index is 0.677. The van der Waals surface area contributed by atoms with Gasteiger partial charge in [0.1, 0.15) is 0 Å². The highest BCUT2D eigenvalue weighted by Gasteiger charge is 2.53. The van der Waals surface area contributed by atoms with Crippen LogP contribution in [0.5, 0.6) is 0 Å². The lowest BCUT2D eigenvalue weighted by atomic mass is 9.62. The minimum atomic E-state index is -0.677. The summed E-state index contributed by atoms with van der Waals surface area (Å²) in [7, 11) is 0. The number of nitrogens with zero attached hydrogens (tertiary/aromatic N) is 5. The van der Waals surface area contributed by atoms with Crippen molar-refractivity contribution in [2.45, 2.75) is 18.3 Å². The molecule has 14 aromatic rings. The summed E-state index contributed by atoms with van der Waals surface area (Å²) in [6, 6.07) is 110. The lowest BCUT2D eigenvalue weighted by Crippen LogP contribution is -2.39. The monoisotopic (exact) mass is 1070 g/mol. The Kier molecular flexibility index (Phi) is 10.9. The largest absolute Gasteiger partial charge is 0.310 e. The first kappa shape index (κ1) is 47.9. The Morgan fingerprint density at radius 2 is 0.714 bits per heavy atom. The summed E-state index contributed by atoms with van der Waals surface area (Å²) in [6.45, 7) is 0. The first-order valence-corrected chi connectivity index (χ1v) is 29.2. The van der Waals surface area contributed by atoms with Crippen molar-refractivity contribution in [1.29, 1.82) is 0 Å². The number of aromatic nitrogens is 2. The van der Waals surface area contributed by atoms with E-state index in [1.807, 2.05) is 0 Å². The van der Waals surface area contributed by atoms with E-state index in [0.717, 1.165) is 64.0 Å². The van der Waals surface area contributed by atoms with Crippen LogP contribution in [0.3, 0.4) is 0 Å². The molecule has 2 aromatic heterocycles. The van der Waals surface area contributed by atoms with E-state index in [0.29, 0.717) is 0 Å². The average Bonchev–Trinajstić information content (AvgIpc) is 1.62. The highest BCUT2D eigenvalue weighted by atomic mass is 15.2. The van der Waals surface area contributed by atoms with Crippen molar-refractivity contribution in [1.82, 2.24) is 9.13 Å². The quantitative estimate of drug-likeness (QED) is 0.144. The molecular formula is C79H55N5. The van der Waals surface area contributed by atoms with E-state index in [1.54, 1.807) is 0 Å². The second-order valence-corrected chi connectivity index (χ2v) is 22.3. The van der Waals surface area contributed by atoms with Gasteiger partial charge in [-0.1, -0.05) is 164 Å². The van der Waals surface area contributed by atoms with Gasteiger partial charge in [-0.25, -0.2) is 0 Å². The molecule has 0 atom stereocenters. The Labute approximate surface area is 488 Å². The van der Waals surface area contributed by atoms with Crippen LogP contribution in [0, 0.1) is 0 Å². The van der Waals surface area contributed by atoms with Crippen molar-refractivity contribution in [3.63, 3.8) is 0 Å². The first-order valence-electron chi connectivity index (χ1n) is 29.2. The zero-order valence-electron chi connectivity index (χ0n) is 46.1. The highest BCUT2D eigenvalue weighted by Crippen LogP contribution is 2.65. The summed E-state index contributed by atoms with van der Waals surface area (Å²) in [5.74, 6) is 0. The third-order valence-corrected chi connectivity index (χ3v) is 17.9. The molecule has 0 bridgehead atoms. The standard InChI is InChI=1S/C79H55N5/c1-6-24-54(25-7-1)80(59-44-48-75-67(50-59)65-34-16-20-38-73(65)82(75)56-28-10-3-11-29-56)61-42-46-63-64-47-43-62(53-72(64)79(71(63)52-61)69-36-18-22-40-77(69)84(58-32-14-5-15-33-58)78-41-23-19-37-70(78)79)81(55-26-8-2-9-27-55)60-45-49-76-68(51-60)66-35-17-21-39-74(66)83(76)57-30-12-4-13-31-57/h1-18,20-36,38-53H,19,37H2. The fourth-order valence-corrected chi connectivity index (χ4v) is 14.5. The van der Waals surface area contributed by atoms with E-state index in [4.69, 9.17) is 0 Å². The van der Waals surface area contributed by atoms with Gasteiger partial charge < -0.3 is 23.8 Å². The zero-order chi connectivity index (χ0) is 55.3. The first-order chi connectivity index (χ1) is 41.7. The van der Waals surface area contributed by atoms with Crippen LogP contribution in [-0.2, 0) is 5.41 Å². The van der Waals surface area contributed by atoms with Crippen LogP contribution >= 0.6 is 0 Å². The van der Waals surface area contributed by atoms with Gasteiger partial charge in [0, 0.05) is 78.4 Å². The molecule has 0 radical (unpaired) electrons. The van der Waals surface area contributed by atoms with E-state index in [9.17, 15) is 0 Å². The van der Waals surface area contributed by atoms with Crippen LogP contribution in [0.4, 0.5) is 45.5 Å². The molecule has 0 saturated heterocycles.